The van der Waals surface area contributed by atoms with Crippen LogP contribution in [0.4, 0.5) is 0 Å². The third-order valence-corrected chi connectivity index (χ3v) is 5.06. The summed E-state index contributed by atoms with van der Waals surface area (Å²) in [6, 6.07) is 0. The Morgan fingerprint density at radius 3 is 2.50 bits per heavy atom. The average Bonchev–Trinajstić information content (AvgIpc) is 3.17. The lowest BCUT2D eigenvalue weighted by Crippen LogP contribution is -2.28. The first-order valence-electron chi connectivity index (χ1n) is 8.36. The van der Waals surface area contributed by atoms with E-state index in [9.17, 15) is 0 Å². The van der Waals surface area contributed by atoms with Crippen molar-refractivity contribution in [1.82, 2.24) is 14.9 Å². The molecule has 0 bridgehead atoms. The number of rotatable bonds is 5. The van der Waals surface area contributed by atoms with Gasteiger partial charge in [-0.1, -0.05) is 27.7 Å². The summed E-state index contributed by atoms with van der Waals surface area (Å²) >= 11 is 0. The van der Waals surface area contributed by atoms with Gasteiger partial charge in [-0.05, 0) is 30.6 Å². The zero-order valence-electron chi connectivity index (χ0n) is 13.4. The van der Waals surface area contributed by atoms with Gasteiger partial charge in [-0.3, -0.25) is 0 Å². The zero-order valence-corrected chi connectivity index (χ0v) is 13.4. The molecule has 20 heavy (non-hydrogen) atoms. The summed E-state index contributed by atoms with van der Waals surface area (Å²) in [5.74, 6) is 4.37. The fourth-order valence-corrected chi connectivity index (χ4v) is 3.65. The Morgan fingerprint density at radius 2 is 1.90 bits per heavy atom. The van der Waals surface area contributed by atoms with Gasteiger partial charge < -0.3 is 9.88 Å². The van der Waals surface area contributed by atoms with E-state index >= 15 is 0 Å². The number of fused-ring (bicyclic) bond motifs is 1. The molecule has 3 nitrogen and oxygen atoms in total. The van der Waals surface area contributed by atoms with Crippen LogP contribution in [0.3, 0.4) is 0 Å². The fourth-order valence-electron chi connectivity index (χ4n) is 3.65. The zero-order chi connectivity index (χ0) is 14.3. The first-order chi connectivity index (χ1) is 9.58. The van der Waals surface area contributed by atoms with Crippen LogP contribution in [0.1, 0.15) is 63.7 Å². The highest BCUT2D eigenvalue weighted by molar-refractivity contribution is 5.24. The maximum Gasteiger partial charge on any atom is 0.112 e. The lowest BCUT2D eigenvalue weighted by molar-refractivity contribution is 0.246. The molecule has 2 heterocycles. The average molecular weight is 275 g/mol. The van der Waals surface area contributed by atoms with Crippen LogP contribution in [0, 0.1) is 17.8 Å². The Balaban J connectivity index is 1.92. The molecule has 112 valence electrons. The van der Waals surface area contributed by atoms with Crippen molar-refractivity contribution in [1.29, 1.82) is 0 Å². The minimum Gasteiger partial charge on any atom is -0.331 e. The number of hydrogen-bond donors (Lipinski definition) is 1. The smallest absolute Gasteiger partial charge is 0.112 e. The number of nitrogens with one attached hydrogen (secondary N) is 1. The molecule has 0 spiro atoms. The highest BCUT2D eigenvalue weighted by Gasteiger charge is 2.33. The van der Waals surface area contributed by atoms with Gasteiger partial charge in [0.1, 0.15) is 5.82 Å². The monoisotopic (exact) mass is 275 g/mol. The second-order valence-corrected chi connectivity index (χ2v) is 7.33. The lowest BCUT2D eigenvalue weighted by atomic mass is 9.85. The molecular formula is C17H29N3. The Kier molecular flexibility index (Phi) is 3.89. The van der Waals surface area contributed by atoms with Crippen molar-refractivity contribution < 1.29 is 0 Å². The molecular weight excluding hydrogens is 246 g/mol. The lowest BCUT2D eigenvalue weighted by Gasteiger charge is -2.27. The molecule has 0 unspecified atom stereocenters. The molecule has 1 aliphatic heterocycles. The highest BCUT2D eigenvalue weighted by atomic mass is 15.1. The van der Waals surface area contributed by atoms with Gasteiger partial charge in [0.05, 0.1) is 5.69 Å². The number of nitrogens with zero attached hydrogens (tertiary/aromatic N) is 2. The fraction of sp³-hybridized carbons (Fsp3) is 0.824. The summed E-state index contributed by atoms with van der Waals surface area (Å²) in [4.78, 5) is 4.98. The second kappa shape index (κ2) is 5.51. The van der Waals surface area contributed by atoms with Gasteiger partial charge in [0, 0.05) is 37.7 Å². The van der Waals surface area contributed by atoms with Crippen LogP contribution >= 0.6 is 0 Å². The van der Waals surface area contributed by atoms with E-state index in [1.165, 1.54) is 36.6 Å². The van der Waals surface area contributed by atoms with Crippen molar-refractivity contribution in [3.63, 3.8) is 0 Å². The van der Waals surface area contributed by atoms with Crippen molar-refractivity contribution in [3.05, 3.63) is 17.2 Å². The van der Waals surface area contributed by atoms with Gasteiger partial charge in [0.2, 0.25) is 0 Å². The standard InChI is InChI=1S/C17H29N3/c1-11(2)14(12(3)4)10-20-16-7-8-18-9-15(16)19-17(20)13-5-6-13/h11-14,18H,5-10H2,1-4H3. The van der Waals surface area contributed by atoms with Crippen LogP contribution in [-0.2, 0) is 19.5 Å². The van der Waals surface area contributed by atoms with E-state index in [1.807, 2.05) is 0 Å². The predicted octanol–water partition coefficient (Wildman–Crippen LogP) is 3.33. The molecule has 1 aliphatic carbocycles. The van der Waals surface area contributed by atoms with Gasteiger partial charge in [0.15, 0.2) is 0 Å². The summed E-state index contributed by atoms with van der Waals surface area (Å²) < 4.78 is 2.61. The van der Waals surface area contributed by atoms with Crippen molar-refractivity contribution in [2.75, 3.05) is 6.54 Å². The Morgan fingerprint density at radius 1 is 1.20 bits per heavy atom. The van der Waals surface area contributed by atoms with E-state index in [0.717, 1.165) is 43.2 Å². The number of aromatic nitrogens is 2. The van der Waals surface area contributed by atoms with Gasteiger partial charge in [0.25, 0.3) is 0 Å². The van der Waals surface area contributed by atoms with Gasteiger partial charge in [-0.2, -0.15) is 0 Å². The number of imidazole rings is 1. The van der Waals surface area contributed by atoms with Crippen LogP contribution in [-0.4, -0.2) is 16.1 Å². The van der Waals surface area contributed by atoms with E-state index < -0.39 is 0 Å². The van der Waals surface area contributed by atoms with E-state index in [1.54, 1.807) is 0 Å². The Bertz CT molecular complexity index is 461. The van der Waals surface area contributed by atoms with Crippen molar-refractivity contribution in [2.24, 2.45) is 17.8 Å². The minimum atomic E-state index is 0.738. The van der Waals surface area contributed by atoms with Crippen LogP contribution in [0.15, 0.2) is 0 Å². The molecule has 2 aliphatic rings. The first kappa shape index (κ1) is 14.1. The third-order valence-electron chi connectivity index (χ3n) is 5.06. The molecule has 3 heteroatoms. The quantitative estimate of drug-likeness (QED) is 0.893. The minimum absolute atomic E-state index is 0.738. The molecule has 1 fully saturated rings. The molecule has 0 radical (unpaired) electrons. The summed E-state index contributed by atoms with van der Waals surface area (Å²) in [7, 11) is 0. The molecule has 0 amide bonds. The molecule has 1 saturated carbocycles. The highest BCUT2D eigenvalue weighted by Crippen LogP contribution is 2.41. The molecule has 3 rings (SSSR count). The van der Waals surface area contributed by atoms with E-state index in [2.05, 4.69) is 37.6 Å². The Hall–Kier alpha value is -0.830. The summed E-state index contributed by atoms with van der Waals surface area (Å²) in [6.45, 7) is 12.7. The van der Waals surface area contributed by atoms with E-state index in [-0.39, 0.29) is 0 Å². The maximum absolute atomic E-state index is 4.98. The van der Waals surface area contributed by atoms with Crippen LogP contribution in [0.5, 0.6) is 0 Å². The summed E-state index contributed by atoms with van der Waals surface area (Å²) in [5.41, 5.74) is 2.85. The van der Waals surface area contributed by atoms with Crippen LogP contribution in [0.2, 0.25) is 0 Å². The van der Waals surface area contributed by atoms with Gasteiger partial charge >= 0.3 is 0 Å². The maximum atomic E-state index is 4.98. The number of hydrogen-bond acceptors (Lipinski definition) is 2. The van der Waals surface area contributed by atoms with Crippen LogP contribution < -0.4 is 5.32 Å². The third kappa shape index (κ3) is 2.65. The molecule has 1 N–H and O–H groups in total. The first-order valence-corrected chi connectivity index (χ1v) is 8.36. The van der Waals surface area contributed by atoms with Crippen LogP contribution in [0.25, 0.3) is 0 Å². The topological polar surface area (TPSA) is 29.9 Å². The molecule has 0 saturated heterocycles. The van der Waals surface area contributed by atoms with E-state index in [0.29, 0.717) is 0 Å². The normalized spacial score (nSPS) is 19.1. The summed E-state index contributed by atoms with van der Waals surface area (Å²) in [6.07, 6.45) is 3.84. The molecule has 0 atom stereocenters. The second-order valence-electron chi connectivity index (χ2n) is 7.33. The van der Waals surface area contributed by atoms with Gasteiger partial charge in [-0.25, -0.2) is 4.98 Å². The molecule has 1 aromatic heterocycles. The van der Waals surface area contributed by atoms with Crippen molar-refractivity contribution >= 4 is 0 Å². The van der Waals surface area contributed by atoms with Crippen molar-refractivity contribution in [2.45, 2.75) is 66.0 Å². The summed E-state index contributed by atoms with van der Waals surface area (Å²) in [5, 5.41) is 3.46. The SMILES string of the molecule is CC(C)C(Cn1c(C2CC2)nc2c1CCNC2)C(C)C. The molecule has 1 aromatic rings. The van der Waals surface area contributed by atoms with Crippen molar-refractivity contribution in [3.8, 4) is 0 Å². The van der Waals surface area contributed by atoms with E-state index in [4.69, 9.17) is 4.98 Å². The molecule has 0 aromatic carbocycles. The largest absolute Gasteiger partial charge is 0.331 e. The Labute approximate surface area is 123 Å². The predicted molar refractivity (Wildman–Crippen MR) is 82.8 cm³/mol. The van der Waals surface area contributed by atoms with Gasteiger partial charge in [-0.15, -0.1) is 0 Å².